The Kier molecular flexibility index (Phi) is 7.33. The number of rotatable bonds is 8. The highest BCUT2D eigenvalue weighted by molar-refractivity contribution is 7.98. The van der Waals surface area contributed by atoms with Crippen LogP contribution in [0.25, 0.3) is 0 Å². The summed E-state index contributed by atoms with van der Waals surface area (Å²) in [6.07, 6.45) is 2.05. The quantitative estimate of drug-likeness (QED) is 0.681. The lowest BCUT2D eigenvalue weighted by atomic mass is 9.79. The number of carbonyl (C=O) groups is 1. The smallest absolute Gasteiger partial charge is 0.251 e. The molecule has 2 N–H and O–H groups in total. The molecule has 4 nitrogen and oxygen atoms in total. The number of piperidine rings is 1. The summed E-state index contributed by atoms with van der Waals surface area (Å²) in [6.45, 7) is 3.30. The molecule has 1 saturated heterocycles. The summed E-state index contributed by atoms with van der Waals surface area (Å²) in [5.41, 5.74) is 2.05. The van der Waals surface area contributed by atoms with E-state index in [1.165, 1.54) is 10.5 Å². The Balaban J connectivity index is 1.52. The van der Waals surface area contributed by atoms with Crippen molar-refractivity contribution in [1.82, 2.24) is 10.6 Å². The molecule has 144 valence electrons. The Morgan fingerprint density at radius 3 is 2.48 bits per heavy atom. The molecule has 1 aliphatic rings. The van der Waals surface area contributed by atoms with E-state index in [1.54, 1.807) is 18.9 Å². The normalized spacial score (nSPS) is 16.0. The van der Waals surface area contributed by atoms with Crippen molar-refractivity contribution in [2.45, 2.75) is 23.5 Å². The minimum absolute atomic E-state index is 0.0105. The number of hydrogen-bond donors (Lipinski definition) is 2. The molecule has 0 radical (unpaired) electrons. The first-order chi connectivity index (χ1) is 13.2. The lowest BCUT2D eigenvalue weighted by Gasteiger charge is -2.37. The molecule has 0 aromatic heterocycles. The van der Waals surface area contributed by atoms with Crippen LogP contribution in [0, 0.1) is 5.41 Å². The third kappa shape index (κ3) is 5.83. The van der Waals surface area contributed by atoms with Gasteiger partial charge in [0.2, 0.25) is 0 Å². The number of carbonyl (C=O) groups excluding carboxylic acids is 1. The monoisotopic (exact) mass is 384 g/mol. The Labute approximate surface area is 166 Å². The van der Waals surface area contributed by atoms with Crippen molar-refractivity contribution >= 4 is 17.7 Å². The van der Waals surface area contributed by atoms with Crippen LogP contribution in [0.1, 0.15) is 28.8 Å². The molecule has 27 heavy (non-hydrogen) atoms. The van der Waals surface area contributed by atoms with Crippen LogP contribution in [0.2, 0.25) is 0 Å². The molecule has 2 aromatic rings. The SMILES string of the molecule is COCC1(CNC(=O)c2ccc(SCc3ccccc3)cc2)CCNCC1. The summed E-state index contributed by atoms with van der Waals surface area (Å²) < 4.78 is 5.42. The van der Waals surface area contributed by atoms with E-state index in [4.69, 9.17) is 4.74 Å². The van der Waals surface area contributed by atoms with Gasteiger partial charge in [0.05, 0.1) is 6.61 Å². The van der Waals surface area contributed by atoms with Crippen molar-refractivity contribution in [2.75, 3.05) is 33.4 Å². The topological polar surface area (TPSA) is 50.4 Å². The second kappa shape index (κ2) is 9.93. The zero-order valence-corrected chi connectivity index (χ0v) is 16.7. The molecule has 1 heterocycles. The Hall–Kier alpha value is -1.82. The maximum atomic E-state index is 12.6. The predicted molar refractivity (Wildman–Crippen MR) is 111 cm³/mol. The zero-order chi connectivity index (χ0) is 19.0. The van der Waals surface area contributed by atoms with Gasteiger partial charge in [-0.1, -0.05) is 30.3 Å². The lowest BCUT2D eigenvalue weighted by molar-refractivity contribution is 0.0511. The molecule has 0 spiro atoms. The molecule has 3 rings (SSSR count). The molecule has 0 saturated carbocycles. The van der Waals surface area contributed by atoms with Gasteiger partial charge in [0.15, 0.2) is 0 Å². The van der Waals surface area contributed by atoms with E-state index in [2.05, 4.69) is 34.9 Å². The van der Waals surface area contributed by atoms with Crippen molar-refractivity contribution in [3.05, 3.63) is 65.7 Å². The van der Waals surface area contributed by atoms with E-state index < -0.39 is 0 Å². The van der Waals surface area contributed by atoms with Crippen LogP contribution in [0.3, 0.4) is 0 Å². The summed E-state index contributed by atoms with van der Waals surface area (Å²) in [7, 11) is 1.73. The summed E-state index contributed by atoms with van der Waals surface area (Å²) in [5, 5.41) is 6.49. The van der Waals surface area contributed by atoms with Gasteiger partial charge in [-0.05, 0) is 55.8 Å². The Bertz CT molecular complexity index is 707. The Morgan fingerprint density at radius 1 is 1.11 bits per heavy atom. The lowest BCUT2D eigenvalue weighted by Crippen LogP contribution is -2.47. The maximum Gasteiger partial charge on any atom is 0.251 e. The number of hydrogen-bond acceptors (Lipinski definition) is 4. The fourth-order valence-corrected chi connectivity index (χ4v) is 4.30. The van der Waals surface area contributed by atoms with E-state index in [0.717, 1.165) is 31.7 Å². The zero-order valence-electron chi connectivity index (χ0n) is 15.9. The molecule has 0 atom stereocenters. The van der Waals surface area contributed by atoms with Crippen LogP contribution in [0.4, 0.5) is 0 Å². The van der Waals surface area contributed by atoms with E-state index >= 15 is 0 Å². The van der Waals surface area contributed by atoms with Crippen molar-refractivity contribution in [2.24, 2.45) is 5.41 Å². The molecular formula is C22H28N2O2S. The van der Waals surface area contributed by atoms with Gasteiger partial charge in [0, 0.05) is 35.3 Å². The average Bonchev–Trinajstić information content (AvgIpc) is 2.73. The van der Waals surface area contributed by atoms with Crippen molar-refractivity contribution in [1.29, 1.82) is 0 Å². The molecule has 0 unspecified atom stereocenters. The molecule has 1 aliphatic heterocycles. The third-order valence-electron chi connectivity index (χ3n) is 5.10. The van der Waals surface area contributed by atoms with Crippen molar-refractivity contribution in [3.8, 4) is 0 Å². The fourth-order valence-electron chi connectivity index (χ4n) is 3.45. The molecule has 0 bridgehead atoms. The van der Waals surface area contributed by atoms with Crippen LogP contribution in [0.5, 0.6) is 0 Å². The van der Waals surface area contributed by atoms with Gasteiger partial charge in [-0.2, -0.15) is 0 Å². The second-order valence-electron chi connectivity index (χ2n) is 7.16. The second-order valence-corrected chi connectivity index (χ2v) is 8.21. The molecule has 5 heteroatoms. The first kappa shape index (κ1) is 19.9. The molecule has 0 aliphatic carbocycles. The summed E-state index contributed by atoms with van der Waals surface area (Å²) in [5.74, 6) is 0.920. The number of nitrogens with one attached hydrogen (secondary N) is 2. The summed E-state index contributed by atoms with van der Waals surface area (Å²) >= 11 is 1.78. The van der Waals surface area contributed by atoms with Gasteiger partial charge < -0.3 is 15.4 Å². The van der Waals surface area contributed by atoms with E-state index in [0.29, 0.717) is 18.7 Å². The van der Waals surface area contributed by atoms with Crippen LogP contribution < -0.4 is 10.6 Å². The van der Waals surface area contributed by atoms with E-state index in [9.17, 15) is 4.79 Å². The summed E-state index contributed by atoms with van der Waals surface area (Å²) in [6, 6.07) is 18.3. The average molecular weight is 385 g/mol. The van der Waals surface area contributed by atoms with Crippen LogP contribution in [-0.2, 0) is 10.5 Å². The third-order valence-corrected chi connectivity index (χ3v) is 6.19. The molecule has 1 fully saturated rings. The van der Waals surface area contributed by atoms with E-state index in [1.807, 2.05) is 30.3 Å². The predicted octanol–water partition coefficient (Wildman–Crippen LogP) is 3.72. The van der Waals surface area contributed by atoms with Crippen molar-refractivity contribution < 1.29 is 9.53 Å². The number of ether oxygens (including phenoxy) is 1. The first-order valence-corrected chi connectivity index (χ1v) is 10.4. The van der Waals surface area contributed by atoms with Gasteiger partial charge >= 0.3 is 0 Å². The standard InChI is InChI=1S/C22H28N2O2S/c1-26-17-22(11-13-23-14-12-22)16-24-21(25)19-7-9-20(10-8-19)27-15-18-5-3-2-4-6-18/h2-10,23H,11-17H2,1H3,(H,24,25). The largest absolute Gasteiger partial charge is 0.384 e. The van der Waals surface area contributed by atoms with Gasteiger partial charge in [-0.15, -0.1) is 11.8 Å². The van der Waals surface area contributed by atoms with Crippen LogP contribution in [-0.4, -0.2) is 39.3 Å². The fraction of sp³-hybridized carbons (Fsp3) is 0.409. The highest BCUT2D eigenvalue weighted by atomic mass is 32.2. The van der Waals surface area contributed by atoms with Gasteiger partial charge in [-0.3, -0.25) is 4.79 Å². The van der Waals surface area contributed by atoms with Gasteiger partial charge in [0.1, 0.15) is 0 Å². The number of amides is 1. The van der Waals surface area contributed by atoms with E-state index in [-0.39, 0.29) is 11.3 Å². The maximum absolute atomic E-state index is 12.6. The molecule has 1 amide bonds. The van der Waals surface area contributed by atoms with Crippen molar-refractivity contribution in [3.63, 3.8) is 0 Å². The van der Waals surface area contributed by atoms with Crippen LogP contribution >= 0.6 is 11.8 Å². The minimum Gasteiger partial charge on any atom is -0.384 e. The molecule has 2 aromatic carbocycles. The highest BCUT2D eigenvalue weighted by Gasteiger charge is 2.32. The number of thioether (sulfide) groups is 1. The van der Waals surface area contributed by atoms with Gasteiger partial charge in [-0.25, -0.2) is 0 Å². The number of methoxy groups -OCH3 is 1. The van der Waals surface area contributed by atoms with Gasteiger partial charge in [0.25, 0.3) is 5.91 Å². The Morgan fingerprint density at radius 2 is 1.81 bits per heavy atom. The summed E-state index contributed by atoms with van der Waals surface area (Å²) in [4.78, 5) is 13.7. The highest BCUT2D eigenvalue weighted by Crippen LogP contribution is 2.28. The minimum atomic E-state index is -0.0105. The van der Waals surface area contributed by atoms with Crippen LogP contribution in [0.15, 0.2) is 59.5 Å². The molecular weight excluding hydrogens is 356 g/mol. The number of benzene rings is 2. The first-order valence-electron chi connectivity index (χ1n) is 9.45.